The van der Waals surface area contributed by atoms with E-state index in [1.165, 1.54) is 0 Å². The van der Waals surface area contributed by atoms with Crippen LogP contribution in [0.2, 0.25) is 5.02 Å². The molecule has 1 aromatic carbocycles. The van der Waals surface area contributed by atoms with Crippen molar-refractivity contribution >= 4 is 45.0 Å². The molecule has 25 heavy (non-hydrogen) atoms. The number of nitrogens with zero attached hydrogens (tertiary/aromatic N) is 1. The van der Waals surface area contributed by atoms with Gasteiger partial charge in [0.2, 0.25) is 5.91 Å². The summed E-state index contributed by atoms with van der Waals surface area (Å²) >= 11 is 7.99. The number of amides is 1. The lowest BCUT2D eigenvalue weighted by atomic mass is 10.2. The number of hydrogen-bond acceptors (Lipinski definition) is 4. The Labute approximate surface area is 157 Å². The fraction of sp³-hybridized carbons (Fsp3) is 0.421. The van der Waals surface area contributed by atoms with Crippen LogP contribution in [0.15, 0.2) is 30.3 Å². The summed E-state index contributed by atoms with van der Waals surface area (Å²) < 4.78 is 6.48. The molecule has 0 spiro atoms. The molecule has 1 atom stereocenters. The predicted octanol–water partition coefficient (Wildman–Crippen LogP) is 3.79. The van der Waals surface area contributed by atoms with Crippen LogP contribution in [-0.2, 0) is 9.53 Å². The van der Waals surface area contributed by atoms with Crippen LogP contribution in [0, 0.1) is 0 Å². The summed E-state index contributed by atoms with van der Waals surface area (Å²) in [5, 5.41) is 4.77. The molecule has 1 amide bonds. The average molecular weight is 379 g/mol. The maximum Gasteiger partial charge on any atom is 0.244 e. The quantitative estimate of drug-likeness (QED) is 0.777. The molecule has 4 nitrogen and oxygen atoms in total. The Balaban J connectivity index is 1.50. The molecule has 1 saturated heterocycles. The van der Waals surface area contributed by atoms with Crippen LogP contribution in [0.3, 0.4) is 0 Å². The highest BCUT2D eigenvalue weighted by atomic mass is 35.5. The molecule has 1 N–H and O–H groups in total. The number of ether oxygens (including phenoxy) is 1. The van der Waals surface area contributed by atoms with Crippen LogP contribution in [0.1, 0.15) is 18.2 Å². The lowest BCUT2D eigenvalue weighted by molar-refractivity contribution is -0.117. The molecule has 2 heterocycles. The Bertz CT molecular complexity index is 753. The summed E-state index contributed by atoms with van der Waals surface area (Å²) in [7, 11) is 0. The summed E-state index contributed by atoms with van der Waals surface area (Å²) in [4.78, 5) is 15.4. The zero-order valence-corrected chi connectivity index (χ0v) is 15.9. The maximum atomic E-state index is 12.1. The van der Waals surface area contributed by atoms with Crippen LogP contribution in [0.5, 0.6) is 0 Å². The van der Waals surface area contributed by atoms with E-state index >= 15 is 0 Å². The second-order valence-electron chi connectivity index (χ2n) is 6.26. The SMILES string of the molecule is CC(CCN1CCOCC1)NC(=O)C=Cc1sc2ccccc2c1Cl. The highest BCUT2D eigenvalue weighted by molar-refractivity contribution is 7.20. The molecule has 1 aromatic heterocycles. The van der Waals surface area contributed by atoms with Gasteiger partial charge in [0.15, 0.2) is 0 Å². The number of halogens is 1. The molecule has 6 heteroatoms. The molecule has 0 aliphatic carbocycles. The van der Waals surface area contributed by atoms with Gasteiger partial charge >= 0.3 is 0 Å². The molecule has 134 valence electrons. The predicted molar refractivity (Wildman–Crippen MR) is 105 cm³/mol. The third kappa shape index (κ3) is 5.05. The van der Waals surface area contributed by atoms with Gasteiger partial charge < -0.3 is 10.1 Å². The van der Waals surface area contributed by atoms with Crippen LogP contribution in [-0.4, -0.2) is 49.7 Å². The highest BCUT2D eigenvalue weighted by Gasteiger charge is 2.13. The molecule has 3 rings (SSSR count). The Morgan fingerprint density at radius 2 is 2.16 bits per heavy atom. The molecular formula is C19H23ClN2O2S. The van der Waals surface area contributed by atoms with Crippen molar-refractivity contribution in [2.24, 2.45) is 0 Å². The Kier molecular flexibility index (Phi) is 6.48. The van der Waals surface area contributed by atoms with E-state index in [0.29, 0.717) is 5.02 Å². The van der Waals surface area contributed by atoms with Crippen LogP contribution >= 0.6 is 22.9 Å². The third-order valence-corrected chi connectivity index (χ3v) is 5.97. The molecule has 0 radical (unpaired) electrons. The van der Waals surface area contributed by atoms with Gasteiger partial charge in [-0.05, 0) is 25.5 Å². The van der Waals surface area contributed by atoms with Crippen molar-refractivity contribution in [1.82, 2.24) is 10.2 Å². The van der Waals surface area contributed by atoms with Gasteiger partial charge in [-0.25, -0.2) is 0 Å². The molecule has 0 bridgehead atoms. The summed E-state index contributed by atoms with van der Waals surface area (Å²) in [5.74, 6) is -0.0806. The second-order valence-corrected chi connectivity index (χ2v) is 7.72. The first-order chi connectivity index (χ1) is 12.1. The number of hydrogen-bond donors (Lipinski definition) is 1. The van der Waals surface area contributed by atoms with E-state index in [9.17, 15) is 4.79 Å². The Hall–Kier alpha value is -1.40. The Morgan fingerprint density at radius 3 is 2.92 bits per heavy atom. The van der Waals surface area contributed by atoms with Gasteiger partial charge in [-0.15, -0.1) is 11.3 Å². The molecule has 1 fully saturated rings. The molecule has 1 unspecified atom stereocenters. The van der Waals surface area contributed by atoms with Gasteiger partial charge in [-0.2, -0.15) is 0 Å². The minimum absolute atomic E-state index is 0.0806. The number of benzene rings is 1. The van der Waals surface area contributed by atoms with E-state index in [0.717, 1.165) is 54.2 Å². The minimum Gasteiger partial charge on any atom is -0.379 e. The van der Waals surface area contributed by atoms with Crippen LogP contribution < -0.4 is 5.32 Å². The average Bonchev–Trinajstić information content (AvgIpc) is 2.95. The standard InChI is InChI=1S/C19H23ClN2O2S/c1-14(8-9-22-10-12-24-13-11-22)21-18(23)7-6-17-19(20)15-4-2-3-5-16(15)25-17/h2-7,14H,8-13H2,1H3,(H,21,23). The Morgan fingerprint density at radius 1 is 1.40 bits per heavy atom. The smallest absolute Gasteiger partial charge is 0.244 e. The van der Waals surface area contributed by atoms with Gasteiger partial charge in [-0.1, -0.05) is 29.8 Å². The third-order valence-electron chi connectivity index (χ3n) is 4.32. The van der Waals surface area contributed by atoms with Crippen LogP contribution in [0.25, 0.3) is 16.2 Å². The van der Waals surface area contributed by atoms with Crippen molar-refractivity contribution in [2.75, 3.05) is 32.8 Å². The van der Waals surface area contributed by atoms with Crippen molar-refractivity contribution in [1.29, 1.82) is 0 Å². The lowest BCUT2D eigenvalue weighted by Crippen LogP contribution is -2.40. The molecule has 1 aliphatic heterocycles. The van der Waals surface area contributed by atoms with Gasteiger partial charge in [0.05, 0.1) is 18.2 Å². The molecular weight excluding hydrogens is 356 g/mol. The van der Waals surface area contributed by atoms with Crippen molar-refractivity contribution in [3.8, 4) is 0 Å². The first-order valence-corrected chi connectivity index (χ1v) is 9.78. The number of nitrogens with one attached hydrogen (secondary N) is 1. The summed E-state index contributed by atoms with van der Waals surface area (Å²) in [6.45, 7) is 6.59. The number of carbonyl (C=O) groups excluding carboxylic acids is 1. The van der Waals surface area contributed by atoms with Crippen LogP contribution in [0.4, 0.5) is 0 Å². The second kappa shape index (κ2) is 8.81. The van der Waals surface area contributed by atoms with Crippen molar-refractivity contribution in [3.05, 3.63) is 40.2 Å². The minimum atomic E-state index is -0.0806. The zero-order chi connectivity index (χ0) is 17.6. The normalized spacial score (nSPS) is 17.2. The van der Waals surface area contributed by atoms with E-state index in [1.54, 1.807) is 23.5 Å². The largest absolute Gasteiger partial charge is 0.379 e. The topological polar surface area (TPSA) is 41.6 Å². The fourth-order valence-electron chi connectivity index (χ4n) is 2.86. The van der Waals surface area contributed by atoms with Gasteiger partial charge in [-0.3, -0.25) is 9.69 Å². The number of carbonyl (C=O) groups is 1. The number of thiophene rings is 1. The monoisotopic (exact) mass is 378 g/mol. The van der Waals surface area contributed by atoms with Crippen molar-refractivity contribution < 1.29 is 9.53 Å². The summed E-state index contributed by atoms with van der Waals surface area (Å²) in [5.41, 5.74) is 0. The van der Waals surface area contributed by atoms with E-state index in [4.69, 9.17) is 16.3 Å². The summed E-state index contributed by atoms with van der Waals surface area (Å²) in [6, 6.07) is 8.14. The van der Waals surface area contributed by atoms with E-state index in [-0.39, 0.29) is 11.9 Å². The molecule has 1 aliphatic rings. The first kappa shape index (κ1) is 18.4. The van der Waals surface area contributed by atoms with Gasteiger partial charge in [0, 0.05) is 46.7 Å². The molecule has 2 aromatic rings. The number of rotatable bonds is 6. The van der Waals surface area contributed by atoms with Gasteiger partial charge in [0.1, 0.15) is 0 Å². The lowest BCUT2D eigenvalue weighted by Gasteiger charge is -2.27. The number of morpholine rings is 1. The van der Waals surface area contributed by atoms with Crippen molar-refractivity contribution in [2.45, 2.75) is 19.4 Å². The van der Waals surface area contributed by atoms with Gasteiger partial charge in [0.25, 0.3) is 0 Å². The first-order valence-electron chi connectivity index (χ1n) is 8.59. The van der Waals surface area contributed by atoms with E-state index in [1.807, 2.05) is 31.2 Å². The van der Waals surface area contributed by atoms with E-state index in [2.05, 4.69) is 10.2 Å². The zero-order valence-electron chi connectivity index (χ0n) is 14.3. The summed E-state index contributed by atoms with van der Waals surface area (Å²) in [6.07, 6.45) is 4.31. The van der Waals surface area contributed by atoms with Crippen molar-refractivity contribution in [3.63, 3.8) is 0 Å². The van der Waals surface area contributed by atoms with E-state index < -0.39 is 0 Å². The highest BCUT2D eigenvalue weighted by Crippen LogP contribution is 2.35. The fourth-order valence-corrected chi connectivity index (χ4v) is 4.25. The number of fused-ring (bicyclic) bond motifs is 1. The molecule has 0 saturated carbocycles. The maximum absolute atomic E-state index is 12.1.